The maximum Gasteiger partial charge on any atom is 0.0731 e. The number of anilines is 1. The van der Waals surface area contributed by atoms with Crippen LogP contribution in [-0.2, 0) is 6.54 Å². The van der Waals surface area contributed by atoms with Crippen LogP contribution in [0.1, 0.15) is 24.5 Å². The summed E-state index contributed by atoms with van der Waals surface area (Å²) in [4.78, 5) is 2.27. The first-order valence-corrected chi connectivity index (χ1v) is 6.44. The van der Waals surface area contributed by atoms with Gasteiger partial charge in [0, 0.05) is 25.3 Å². The molecule has 17 heavy (non-hydrogen) atoms. The van der Waals surface area contributed by atoms with Gasteiger partial charge in [0.05, 0.1) is 6.10 Å². The van der Waals surface area contributed by atoms with Gasteiger partial charge in [-0.2, -0.15) is 0 Å². The number of nitrogens with one attached hydrogen (secondary N) is 1. The number of nitrogens with zero attached hydrogens (tertiary/aromatic N) is 1. The van der Waals surface area contributed by atoms with Crippen LogP contribution in [0.25, 0.3) is 0 Å². The van der Waals surface area contributed by atoms with Crippen LogP contribution in [0.2, 0.25) is 0 Å². The molecule has 1 aliphatic heterocycles. The minimum atomic E-state index is -0.157. The zero-order valence-corrected chi connectivity index (χ0v) is 10.7. The molecule has 1 aromatic rings. The molecule has 1 heterocycles. The van der Waals surface area contributed by atoms with Crippen molar-refractivity contribution in [2.45, 2.75) is 32.9 Å². The summed E-state index contributed by atoms with van der Waals surface area (Å²) < 4.78 is 0. The maximum atomic E-state index is 9.57. The van der Waals surface area contributed by atoms with E-state index in [1.165, 1.54) is 16.8 Å². The van der Waals surface area contributed by atoms with Crippen molar-refractivity contribution < 1.29 is 5.11 Å². The highest BCUT2D eigenvalue weighted by atomic mass is 16.3. The number of rotatable bonds is 4. The van der Waals surface area contributed by atoms with Crippen molar-refractivity contribution in [2.24, 2.45) is 0 Å². The average molecular weight is 234 g/mol. The van der Waals surface area contributed by atoms with Gasteiger partial charge in [-0.25, -0.2) is 0 Å². The minimum absolute atomic E-state index is 0.157. The van der Waals surface area contributed by atoms with Crippen molar-refractivity contribution in [1.82, 2.24) is 5.32 Å². The molecule has 1 saturated heterocycles. The average Bonchev–Trinajstić information content (AvgIpc) is 2.73. The van der Waals surface area contributed by atoms with Gasteiger partial charge >= 0.3 is 0 Å². The molecule has 0 radical (unpaired) electrons. The Morgan fingerprint density at radius 2 is 2.29 bits per heavy atom. The van der Waals surface area contributed by atoms with Gasteiger partial charge in [-0.05, 0) is 37.1 Å². The van der Waals surface area contributed by atoms with Crippen molar-refractivity contribution in [2.75, 3.05) is 24.5 Å². The van der Waals surface area contributed by atoms with E-state index in [2.05, 4.69) is 42.3 Å². The van der Waals surface area contributed by atoms with Gasteiger partial charge in [-0.3, -0.25) is 0 Å². The maximum absolute atomic E-state index is 9.57. The van der Waals surface area contributed by atoms with E-state index in [9.17, 15) is 5.11 Å². The van der Waals surface area contributed by atoms with Crippen LogP contribution in [0.4, 0.5) is 5.69 Å². The molecular formula is C14H22N2O. The Labute approximate surface area is 103 Å². The van der Waals surface area contributed by atoms with Gasteiger partial charge < -0.3 is 15.3 Å². The van der Waals surface area contributed by atoms with Crippen molar-refractivity contribution in [3.63, 3.8) is 0 Å². The monoisotopic (exact) mass is 234 g/mol. The molecule has 1 unspecified atom stereocenters. The van der Waals surface area contributed by atoms with Crippen LogP contribution >= 0.6 is 0 Å². The van der Waals surface area contributed by atoms with E-state index in [4.69, 9.17) is 0 Å². The zero-order valence-electron chi connectivity index (χ0n) is 10.7. The van der Waals surface area contributed by atoms with Gasteiger partial charge in [0.25, 0.3) is 0 Å². The molecule has 3 nitrogen and oxygen atoms in total. The molecule has 2 rings (SSSR count). The first-order chi connectivity index (χ1) is 8.20. The molecule has 94 valence electrons. The highest BCUT2D eigenvalue weighted by Crippen LogP contribution is 2.25. The van der Waals surface area contributed by atoms with Crippen LogP contribution in [0, 0.1) is 6.92 Å². The van der Waals surface area contributed by atoms with Crippen molar-refractivity contribution in [3.8, 4) is 0 Å². The number of aliphatic hydroxyl groups excluding tert-OH is 1. The molecule has 1 atom stereocenters. The number of β-amino-alcohol motifs (C(OH)–C–C–N with tert-alkyl or cyclic N) is 1. The standard InChI is InChI=1S/C14H22N2O/c1-3-15-9-12-4-5-14(11(2)8-12)16-7-6-13(17)10-16/h4-5,8,13,15,17H,3,6-7,9-10H2,1-2H3. The summed E-state index contributed by atoms with van der Waals surface area (Å²) in [5.74, 6) is 0. The third-order valence-corrected chi connectivity index (χ3v) is 3.34. The molecule has 1 aromatic carbocycles. The van der Waals surface area contributed by atoms with E-state index in [1.54, 1.807) is 0 Å². The smallest absolute Gasteiger partial charge is 0.0731 e. The number of benzene rings is 1. The molecule has 0 bridgehead atoms. The number of hydrogen-bond donors (Lipinski definition) is 2. The van der Waals surface area contributed by atoms with E-state index < -0.39 is 0 Å². The highest BCUT2D eigenvalue weighted by molar-refractivity contribution is 5.55. The first-order valence-electron chi connectivity index (χ1n) is 6.44. The molecule has 0 saturated carbocycles. The Kier molecular flexibility index (Phi) is 4.02. The van der Waals surface area contributed by atoms with Crippen LogP contribution in [-0.4, -0.2) is 30.8 Å². The van der Waals surface area contributed by atoms with Crippen LogP contribution in [0.15, 0.2) is 18.2 Å². The van der Waals surface area contributed by atoms with Gasteiger partial charge in [-0.1, -0.05) is 19.1 Å². The van der Waals surface area contributed by atoms with Crippen molar-refractivity contribution in [3.05, 3.63) is 29.3 Å². The van der Waals surface area contributed by atoms with Crippen molar-refractivity contribution in [1.29, 1.82) is 0 Å². The normalized spacial score (nSPS) is 19.9. The quantitative estimate of drug-likeness (QED) is 0.832. The molecular weight excluding hydrogens is 212 g/mol. The Morgan fingerprint density at radius 3 is 2.88 bits per heavy atom. The molecule has 1 fully saturated rings. The molecule has 0 amide bonds. The van der Waals surface area contributed by atoms with Gasteiger partial charge in [0.1, 0.15) is 0 Å². The molecule has 0 aromatic heterocycles. The van der Waals surface area contributed by atoms with Gasteiger partial charge in [0.2, 0.25) is 0 Å². The Bertz CT molecular complexity index is 378. The van der Waals surface area contributed by atoms with E-state index in [1.807, 2.05) is 0 Å². The fourth-order valence-electron chi connectivity index (χ4n) is 2.41. The largest absolute Gasteiger partial charge is 0.391 e. The molecule has 2 N–H and O–H groups in total. The van der Waals surface area contributed by atoms with E-state index in [-0.39, 0.29) is 6.10 Å². The predicted molar refractivity (Wildman–Crippen MR) is 71.4 cm³/mol. The van der Waals surface area contributed by atoms with Crippen LogP contribution in [0.5, 0.6) is 0 Å². The second kappa shape index (κ2) is 5.52. The summed E-state index contributed by atoms with van der Waals surface area (Å²) in [6.45, 7) is 7.93. The fraction of sp³-hybridized carbons (Fsp3) is 0.571. The fourth-order valence-corrected chi connectivity index (χ4v) is 2.41. The van der Waals surface area contributed by atoms with E-state index >= 15 is 0 Å². The Balaban J connectivity index is 2.08. The second-order valence-electron chi connectivity index (χ2n) is 4.79. The SMILES string of the molecule is CCNCc1ccc(N2CCC(O)C2)c(C)c1. The minimum Gasteiger partial charge on any atom is -0.391 e. The molecule has 3 heteroatoms. The molecule has 1 aliphatic rings. The van der Waals surface area contributed by atoms with E-state index in [0.29, 0.717) is 0 Å². The first kappa shape index (κ1) is 12.4. The number of hydrogen-bond acceptors (Lipinski definition) is 3. The lowest BCUT2D eigenvalue weighted by Gasteiger charge is -2.21. The van der Waals surface area contributed by atoms with Gasteiger partial charge in [0.15, 0.2) is 0 Å². The van der Waals surface area contributed by atoms with Crippen LogP contribution in [0.3, 0.4) is 0 Å². The second-order valence-corrected chi connectivity index (χ2v) is 4.79. The summed E-state index contributed by atoms with van der Waals surface area (Å²) in [7, 11) is 0. The molecule has 0 aliphatic carbocycles. The Morgan fingerprint density at radius 1 is 1.47 bits per heavy atom. The lowest BCUT2D eigenvalue weighted by Crippen LogP contribution is -2.22. The van der Waals surface area contributed by atoms with Crippen molar-refractivity contribution >= 4 is 5.69 Å². The van der Waals surface area contributed by atoms with Gasteiger partial charge in [-0.15, -0.1) is 0 Å². The third kappa shape index (κ3) is 2.99. The summed E-state index contributed by atoms with van der Waals surface area (Å²) in [5, 5.41) is 12.9. The summed E-state index contributed by atoms with van der Waals surface area (Å²) >= 11 is 0. The summed E-state index contributed by atoms with van der Waals surface area (Å²) in [6, 6.07) is 6.60. The summed E-state index contributed by atoms with van der Waals surface area (Å²) in [5.41, 5.74) is 3.89. The van der Waals surface area contributed by atoms with Crippen LogP contribution < -0.4 is 10.2 Å². The predicted octanol–water partition coefficient (Wildman–Crippen LogP) is 1.68. The topological polar surface area (TPSA) is 35.5 Å². The Hall–Kier alpha value is -1.06. The summed E-state index contributed by atoms with van der Waals surface area (Å²) in [6.07, 6.45) is 0.731. The third-order valence-electron chi connectivity index (χ3n) is 3.34. The lowest BCUT2D eigenvalue weighted by molar-refractivity contribution is 0.198. The highest BCUT2D eigenvalue weighted by Gasteiger charge is 2.21. The zero-order chi connectivity index (χ0) is 12.3. The number of aliphatic hydroxyl groups is 1. The number of aryl methyl sites for hydroxylation is 1. The van der Waals surface area contributed by atoms with E-state index in [0.717, 1.165) is 32.6 Å². The molecule has 0 spiro atoms. The lowest BCUT2D eigenvalue weighted by atomic mass is 10.1.